The number of ether oxygens (including phenoxy) is 1. The Hall–Kier alpha value is -2.57. The fraction of sp³-hybridized carbons (Fsp3) is 0.550. The lowest BCUT2D eigenvalue weighted by Gasteiger charge is -2.29. The molecule has 0 spiro atoms. The lowest BCUT2D eigenvalue weighted by molar-refractivity contribution is -0.143. The molecule has 0 aromatic heterocycles. The van der Waals surface area contributed by atoms with Gasteiger partial charge >= 0.3 is 12.1 Å². The summed E-state index contributed by atoms with van der Waals surface area (Å²) in [5.41, 5.74) is -1.04. The number of hydrogen-bond acceptors (Lipinski definition) is 4. The second kappa shape index (κ2) is 8.88. The molecule has 0 aliphatic carbocycles. The first kappa shape index (κ1) is 22.5. The first-order chi connectivity index (χ1) is 12.3. The van der Waals surface area contributed by atoms with Crippen LogP contribution in [0.3, 0.4) is 0 Å². The summed E-state index contributed by atoms with van der Waals surface area (Å²) < 4.78 is 5.15. The molecule has 7 nitrogen and oxygen atoms in total. The highest BCUT2D eigenvalue weighted by Crippen LogP contribution is 2.21. The fourth-order valence-electron chi connectivity index (χ4n) is 2.45. The van der Waals surface area contributed by atoms with Crippen molar-refractivity contribution in [2.45, 2.75) is 71.1 Å². The number of hydrogen-bond donors (Lipinski definition) is 3. The molecule has 7 heteroatoms. The first-order valence-electron chi connectivity index (χ1n) is 8.91. The highest BCUT2D eigenvalue weighted by Gasteiger charge is 2.34. The number of amides is 2. The Balaban J connectivity index is 2.76. The summed E-state index contributed by atoms with van der Waals surface area (Å²) in [5, 5.41) is 14.5. The standard InChI is InChI=1S/C20H30N2O5/c1-13(14-10-8-7-9-11-14)12-15(16(23)24)21-17(25)20(5,6)22-18(26)27-19(2,3)4/h7-11,13,15H,12H2,1-6H3,(H,21,25)(H,22,26)(H,23,24). The third-order valence-electron chi connectivity index (χ3n) is 3.94. The number of nitrogens with one attached hydrogen (secondary N) is 2. The lowest BCUT2D eigenvalue weighted by atomic mass is 9.93. The van der Waals surface area contributed by atoms with Crippen molar-refractivity contribution in [1.29, 1.82) is 0 Å². The van der Waals surface area contributed by atoms with Crippen LogP contribution in [0.4, 0.5) is 4.79 Å². The molecule has 1 aromatic carbocycles. The summed E-state index contributed by atoms with van der Waals surface area (Å²) >= 11 is 0. The zero-order chi connectivity index (χ0) is 20.8. The normalized spacial score (nSPS) is 14.0. The van der Waals surface area contributed by atoms with Gasteiger partial charge in [-0.1, -0.05) is 37.3 Å². The van der Waals surface area contributed by atoms with Gasteiger partial charge in [0.05, 0.1) is 0 Å². The SMILES string of the molecule is CC(CC(NC(=O)C(C)(C)NC(=O)OC(C)(C)C)C(=O)O)c1ccccc1. The summed E-state index contributed by atoms with van der Waals surface area (Å²) in [6.45, 7) is 10.0. The molecule has 2 unspecified atom stereocenters. The minimum absolute atomic E-state index is 0.0606. The van der Waals surface area contributed by atoms with Crippen molar-refractivity contribution in [3.8, 4) is 0 Å². The third-order valence-corrected chi connectivity index (χ3v) is 3.94. The molecule has 0 aliphatic rings. The quantitative estimate of drug-likeness (QED) is 0.676. The van der Waals surface area contributed by atoms with Crippen LogP contribution >= 0.6 is 0 Å². The zero-order valence-electron chi connectivity index (χ0n) is 16.8. The number of carboxylic acid groups (broad SMARTS) is 1. The van der Waals surface area contributed by atoms with E-state index in [2.05, 4.69) is 10.6 Å². The lowest BCUT2D eigenvalue weighted by Crippen LogP contribution is -2.58. The number of carboxylic acids is 1. The fourth-order valence-corrected chi connectivity index (χ4v) is 2.45. The van der Waals surface area contributed by atoms with E-state index in [1.807, 2.05) is 37.3 Å². The number of carbonyl (C=O) groups excluding carboxylic acids is 2. The van der Waals surface area contributed by atoms with Gasteiger partial charge in [-0.05, 0) is 52.5 Å². The number of rotatable bonds is 7. The maximum Gasteiger partial charge on any atom is 0.408 e. The maximum atomic E-state index is 12.6. The molecule has 0 fully saturated rings. The van der Waals surface area contributed by atoms with Gasteiger partial charge in [-0.3, -0.25) is 4.79 Å². The summed E-state index contributed by atoms with van der Waals surface area (Å²) in [5.74, 6) is -1.78. The number of aliphatic carboxylic acids is 1. The Morgan fingerprint density at radius 3 is 2.11 bits per heavy atom. The van der Waals surface area contributed by atoms with Gasteiger partial charge in [0, 0.05) is 0 Å². The zero-order valence-corrected chi connectivity index (χ0v) is 16.8. The van der Waals surface area contributed by atoms with Gasteiger partial charge in [-0.15, -0.1) is 0 Å². The second-order valence-electron chi connectivity index (χ2n) is 8.16. The summed E-state index contributed by atoms with van der Waals surface area (Å²) in [7, 11) is 0. The molecule has 0 heterocycles. The Bertz CT molecular complexity index is 665. The van der Waals surface area contributed by atoms with E-state index in [1.54, 1.807) is 20.8 Å². The van der Waals surface area contributed by atoms with Gasteiger partial charge in [0.2, 0.25) is 5.91 Å². The van der Waals surface area contributed by atoms with Gasteiger partial charge in [-0.25, -0.2) is 9.59 Å². The summed E-state index contributed by atoms with van der Waals surface area (Å²) in [4.78, 5) is 36.1. The molecule has 0 radical (unpaired) electrons. The predicted molar refractivity (Wildman–Crippen MR) is 102 cm³/mol. The summed E-state index contributed by atoms with van der Waals surface area (Å²) in [6, 6.07) is 8.41. The Morgan fingerprint density at radius 1 is 1.07 bits per heavy atom. The molecule has 1 rings (SSSR count). The molecular weight excluding hydrogens is 348 g/mol. The Labute approximate surface area is 160 Å². The van der Waals surface area contributed by atoms with E-state index in [9.17, 15) is 19.5 Å². The number of benzene rings is 1. The molecule has 2 amide bonds. The Morgan fingerprint density at radius 2 is 1.63 bits per heavy atom. The number of alkyl carbamates (subject to hydrolysis) is 1. The van der Waals surface area contributed by atoms with E-state index >= 15 is 0 Å². The van der Waals surface area contributed by atoms with Crippen molar-refractivity contribution in [3.05, 3.63) is 35.9 Å². The molecule has 0 saturated carbocycles. The average Bonchev–Trinajstić information content (AvgIpc) is 2.52. The third kappa shape index (κ3) is 7.68. The van der Waals surface area contributed by atoms with Crippen LogP contribution in [0, 0.1) is 0 Å². The molecular formula is C20H30N2O5. The Kier molecular flexibility index (Phi) is 7.39. The van der Waals surface area contributed by atoms with E-state index in [0.717, 1.165) is 5.56 Å². The van der Waals surface area contributed by atoms with Crippen LogP contribution in [0.1, 0.15) is 59.4 Å². The monoisotopic (exact) mass is 378 g/mol. The van der Waals surface area contributed by atoms with Crippen LogP contribution in [0.5, 0.6) is 0 Å². The molecule has 0 saturated heterocycles. The van der Waals surface area contributed by atoms with E-state index in [4.69, 9.17) is 4.74 Å². The maximum absolute atomic E-state index is 12.6. The molecule has 2 atom stereocenters. The molecule has 150 valence electrons. The largest absolute Gasteiger partial charge is 0.480 e. The molecule has 3 N–H and O–H groups in total. The van der Waals surface area contributed by atoms with Gasteiger partial charge in [0.25, 0.3) is 0 Å². The minimum Gasteiger partial charge on any atom is -0.480 e. The van der Waals surface area contributed by atoms with Crippen LogP contribution in [0.2, 0.25) is 0 Å². The van der Waals surface area contributed by atoms with Crippen molar-refractivity contribution < 1.29 is 24.2 Å². The topological polar surface area (TPSA) is 105 Å². The highest BCUT2D eigenvalue weighted by molar-refractivity contribution is 5.92. The van der Waals surface area contributed by atoms with E-state index < -0.39 is 35.2 Å². The van der Waals surface area contributed by atoms with Crippen LogP contribution in [0.25, 0.3) is 0 Å². The predicted octanol–water partition coefficient (Wildman–Crippen LogP) is 3.05. The van der Waals surface area contributed by atoms with E-state index in [1.165, 1.54) is 13.8 Å². The van der Waals surface area contributed by atoms with Crippen molar-refractivity contribution in [2.75, 3.05) is 0 Å². The van der Waals surface area contributed by atoms with E-state index in [0.29, 0.717) is 0 Å². The molecule has 0 aliphatic heterocycles. The average molecular weight is 378 g/mol. The minimum atomic E-state index is -1.33. The van der Waals surface area contributed by atoms with Gasteiger partial charge in [0.1, 0.15) is 17.2 Å². The van der Waals surface area contributed by atoms with Gasteiger partial charge in [-0.2, -0.15) is 0 Å². The summed E-state index contributed by atoms with van der Waals surface area (Å²) in [6.07, 6.45) is -0.514. The second-order valence-corrected chi connectivity index (χ2v) is 8.16. The van der Waals surface area contributed by atoms with Crippen LogP contribution in [-0.2, 0) is 14.3 Å². The van der Waals surface area contributed by atoms with Crippen LogP contribution in [0.15, 0.2) is 30.3 Å². The van der Waals surface area contributed by atoms with Crippen molar-refractivity contribution in [3.63, 3.8) is 0 Å². The molecule has 1 aromatic rings. The smallest absolute Gasteiger partial charge is 0.408 e. The van der Waals surface area contributed by atoms with Crippen LogP contribution < -0.4 is 10.6 Å². The van der Waals surface area contributed by atoms with Gasteiger partial charge < -0.3 is 20.5 Å². The first-order valence-corrected chi connectivity index (χ1v) is 8.91. The molecule has 27 heavy (non-hydrogen) atoms. The van der Waals surface area contributed by atoms with E-state index in [-0.39, 0.29) is 12.3 Å². The van der Waals surface area contributed by atoms with Crippen molar-refractivity contribution in [1.82, 2.24) is 10.6 Å². The van der Waals surface area contributed by atoms with Crippen molar-refractivity contribution >= 4 is 18.0 Å². The number of carbonyl (C=O) groups is 3. The molecule has 0 bridgehead atoms. The van der Waals surface area contributed by atoms with Gasteiger partial charge in [0.15, 0.2) is 0 Å². The highest BCUT2D eigenvalue weighted by atomic mass is 16.6. The van der Waals surface area contributed by atoms with Crippen molar-refractivity contribution in [2.24, 2.45) is 0 Å². The van der Waals surface area contributed by atoms with Crippen LogP contribution in [-0.4, -0.2) is 40.3 Å².